The molecule has 0 amide bonds. The van der Waals surface area contributed by atoms with Crippen LogP contribution in [0, 0.1) is 0 Å². The fourth-order valence-electron chi connectivity index (χ4n) is 3.04. The molecule has 0 aliphatic carbocycles. The molecule has 6 nitrogen and oxygen atoms in total. The van der Waals surface area contributed by atoms with Crippen LogP contribution in [0.2, 0.25) is 0 Å². The van der Waals surface area contributed by atoms with E-state index in [9.17, 15) is 4.79 Å². The summed E-state index contributed by atoms with van der Waals surface area (Å²) in [5.74, 6) is -0.786. The fraction of sp³-hybridized carbons (Fsp3) is 0.733. The van der Waals surface area contributed by atoms with Crippen molar-refractivity contribution in [2.45, 2.75) is 52.4 Å². The van der Waals surface area contributed by atoms with Crippen molar-refractivity contribution < 1.29 is 9.90 Å². The van der Waals surface area contributed by atoms with Crippen molar-refractivity contribution in [3.63, 3.8) is 0 Å². The maximum Gasteiger partial charge on any atom is 0.305 e. The third-order valence-corrected chi connectivity index (χ3v) is 4.07. The van der Waals surface area contributed by atoms with Gasteiger partial charge in [-0.05, 0) is 20.8 Å². The van der Waals surface area contributed by atoms with E-state index in [4.69, 9.17) is 5.11 Å². The maximum atomic E-state index is 10.6. The first-order valence-corrected chi connectivity index (χ1v) is 7.67. The van der Waals surface area contributed by atoms with Crippen molar-refractivity contribution in [1.29, 1.82) is 0 Å². The standard InChI is InChI=1S/C15H26N4O2/c1-12(2)19-7-6-17(9-13(19)3)10-14-8-16-18(11-14)5-4-15(20)21/h8,11-13H,4-7,9-10H2,1-3H3,(H,20,21)/t13-/m1/s1. The number of rotatable bonds is 6. The molecule has 1 aromatic rings. The highest BCUT2D eigenvalue weighted by Gasteiger charge is 2.25. The van der Waals surface area contributed by atoms with Crippen LogP contribution < -0.4 is 0 Å². The van der Waals surface area contributed by atoms with Crippen LogP contribution in [-0.4, -0.2) is 62.4 Å². The van der Waals surface area contributed by atoms with Crippen LogP contribution in [0.25, 0.3) is 0 Å². The molecule has 0 saturated carbocycles. The number of carboxylic acids is 1. The second-order valence-electron chi connectivity index (χ2n) is 6.17. The number of carbonyl (C=O) groups is 1. The van der Waals surface area contributed by atoms with Crippen LogP contribution >= 0.6 is 0 Å². The molecule has 118 valence electrons. The Morgan fingerprint density at radius 2 is 2.24 bits per heavy atom. The molecule has 2 heterocycles. The second-order valence-corrected chi connectivity index (χ2v) is 6.17. The van der Waals surface area contributed by atoms with Crippen LogP contribution in [0.4, 0.5) is 0 Å². The smallest absolute Gasteiger partial charge is 0.305 e. The van der Waals surface area contributed by atoms with E-state index < -0.39 is 5.97 Å². The average molecular weight is 294 g/mol. The van der Waals surface area contributed by atoms with Crippen LogP contribution in [0.1, 0.15) is 32.8 Å². The first-order valence-electron chi connectivity index (χ1n) is 7.67. The minimum Gasteiger partial charge on any atom is -0.481 e. The summed E-state index contributed by atoms with van der Waals surface area (Å²) in [4.78, 5) is 15.5. The van der Waals surface area contributed by atoms with Crippen molar-refractivity contribution >= 4 is 5.97 Å². The number of carboxylic acid groups (broad SMARTS) is 1. The van der Waals surface area contributed by atoms with Crippen molar-refractivity contribution in [3.05, 3.63) is 18.0 Å². The Balaban J connectivity index is 1.84. The summed E-state index contributed by atoms with van der Waals surface area (Å²) in [5, 5.41) is 12.9. The molecule has 0 aromatic carbocycles. The zero-order valence-corrected chi connectivity index (χ0v) is 13.2. The molecule has 1 aliphatic rings. The molecule has 0 unspecified atom stereocenters. The number of nitrogens with zero attached hydrogens (tertiary/aromatic N) is 4. The van der Waals surface area contributed by atoms with E-state index in [-0.39, 0.29) is 6.42 Å². The molecule has 2 rings (SSSR count). The molecule has 6 heteroatoms. The molecule has 1 N–H and O–H groups in total. The van der Waals surface area contributed by atoms with E-state index in [1.165, 1.54) is 0 Å². The predicted octanol–water partition coefficient (Wildman–Crippen LogP) is 1.27. The molecule has 0 bridgehead atoms. The molecule has 1 aromatic heterocycles. The van der Waals surface area contributed by atoms with E-state index in [1.54, 1.807) is 4.68 Å². The molecule has 0 radical (unpaired) electrons. The molecule has 1 aliphatic heterocycles. The van der Waals surface area contributed by atoms with Gasteiger partial charge in [0.05, 0.1) is 19.2 Å². The van der Waals surface area contributed by atoms with Crippen molar-refractivity contribution in [1.82, 2.24) is 19.6 Å². The molecular formula is C15H26N4O2. The Morgan fingerprint density at radius 1 is 1.48 bits per heavy atom. The normalized spacial score (nSPS) is 21.0. The SMILES string of the molecule is CC(C)N1CCN(Cc2cnn(CCC(=O)O)c2)C[C@H]1C. The van der Waals surface area contributed by atoms with Gasteiger partial charge in [0.1, 0.15) is 0 Å². The van der Waals surface area contributed by atoms with Crippen LogP contribution in [0.3, 0.4) is 0 Å². The largest absolute Gasteiger partial charge is 0.481 e. The highest BCUT2D eigenvalue weighted by molar-refractivity contribution is 5.66. The Morgan fingerprint density at radius 3 is 2.86 bits per heavy atom. The van der Waals surface area contributed by atoms with Crippen LogP contribution in [0.5, 0.6) is 0 Å². The number of hydrogen-bond acceptors (Lipinski definition) is 4. The summed E-state index contributed by atoms with van der Waals surface area (Å²) in [5.41, 5.74) is 1.16. The number of aliphatic carboxylic acids is 1. The lowest BCUT2D eigenvalue weighted by Gasteiger charge is -2.42. The topological polar surface area (TPSA) is 61.6 Å². The van der Waals surface area contributed by atoms with E-state index in [0.717, 1.165) is 31.7 Å². The molecule has 0 spiro atoms. The molecular weight excluding hydrogens is 268 g/mol. The van der Waals surface area contributed by atoms with Gasteiger partial charge in [0, 0.05) is 50.0 Å². The van der Waals surface area contributed by atoms with E-state index in [1.807, 2.05) is 12.4 Å². The summed E-state index contributed by atoms with van der Waals surface area (Å²) >= 11 is 0. The zero-order valence-electron chi connectivity index (χ0n) is 13.2. The lowest BCUT2D eigenvalue weighted by atomic mass is 10.1. The van der Waals surface area contributed by atoms with Gasteiger partial charge in [-0.2, -0.15) is 5.10 Å². The third kappa shape index (κ3) is 4.54. The molecule has 1 fully saturated rings. The van der Waals surface area contributed by atoms with Crippen LogP contribution in [0.15, 0.2) is 12.4 Å². The van der Waals surface area contributed by atoms with Gasteiger partial charge in [0.25, 0.3) is 0 Å². The van der Waals surface area contributed by atoms with Gasteiger partial charge in [-0.25, -0.2) is 0 Å². The minimum absolute atomic E-state index is 0.116. The summed E-state index contributed by atoms with van der Waals surface area (Å²) < 4.78 is 1.72. The Bertz CT molecular complexity index is 472. The first-order chi connectivity index (χ1) is 9.95. The predicted molar refractivity (Wildman–Crippen MR) is 81.1 cm³/mol. The van der Waals surface area contributed by atoms with Gasteiger partial charge >= 0.3 is 5.97 Å². The average Bonchev–Trinajstić information content (AvgIpc) is 2.83. The van der Waals surface area contributed by atoms with Crippen molar-refractivity contribution in [2.75, 3.05) is 19.6 Å². The first kappa shape index (κ1) is 16.0. The number of piperazine rings is 1. The molecule has 1 saturated heterocycles. The van der Waals surface area contributed by atoms with Gasteiger partial charge in [-0.1, -0.05) is 0 Å². The van der Waals surface area contributed by atoms with Gasteiger partial charge in [0.15, 0.2) is 0 Å². The van der Waals surface area contributed by atoms with Crippen LogP contribution in [-0.2, 0) is 17.9 Å². The third-order valence-electron chi connectivity index (χ3n) is 4.07. The highest BCUT2D eigenvalue weighted by atomic mass is 16.4. The summed E-state index contributed by atoms with van der Waals surface area (Å²) in [7, 11) is 0. The number of aryl methyl sites for hydroxylation is 1. The fourth-order valence-corrected chi connectivity index (χ4v) is 3.04. The number of hydrogen-bond donors (Lipinski definition) is 1. The van der Waals surface area contributed by atoms with Gasteiger partial charge in [-0.3, -0.25) is 19.3 Å². The van der Waals surface area contributed by atoms with E-state index in [2.05, 4.69) is 35.7 Å². The van der Waals surface area contributed by atoms with Crippen molar-refractivity contribution in [3.8, 4) is 0 Å². The zero-order chi connectivity index (χ0) is 15.4. The van der Waals surface area contributed by atoms with Crippen molar-refractivity contribution in [2.24, 2.45) is 0 Å². The second kappa shape index (κ2) is 7.04. The van der Waals surface area contributed by atoms with Gasteiger partial charge in [0.2, 0.25) is 0 Å². The Hall–Kier alpha value is -1.40. The number of aromatic nitrogens is 2. The summed E-state index contributed by atoms with van der Waals surface area (Å²) in [6, 6.07) is 1.17. The monoisotopic (exact) mass is 294 g/mol. The summed E-state index contributed by atoms with van der Waals surface area (Å²) in [6.07, 6.45) is 3.93. The lowest BCUT2D eigenvalue weighted by molar-refractivity contribution is -0.137. The lowest BCUT2D eigenvalue weighted by Crippen LogP contribution is -2.53. The van der Waals surface area contributed by atoms with Gasteiger partial charge < -0.3 is 5.11 Å². The van der Waals surface area contributed by atoms with E-state index in [0.29, 0.717) is 18.6 Å². The molecule has 21 heavy (non-hydrogen) atoms. The molecule has 1 atom stereocenters. The Labute approximate surface area is 126 Å². The minimum atomic E-state index is -0.786. The summed E-state index contributed by atoms with van der Waals surface area (Å²) in [6.45, 7) is 11.4. The maximum absolute atomic E-state index is 10.6. The Kier molecular flexibility index (Phi) is 5.36. The quantitative estimate of drug-likeness (QED) is 0.856. The highest BCUT2D eigenvalue weighted by Crippen LogP contribution is 2.15. The van der Waals surface area contributed by atoms with E-state index >= 15 is 0 Å². The van der Waals surface area contributed by atoms with Gasteiger partial charge in [-0.15, -0.1) is 0 Å².